The normalized spacial score (nSPS) is 12.0. The quantitative estimate of drug-likeness (QED) is 0.624. The van der Waals surface area contributed by atoms with Crippen LogP contribution in [-0.4, -0.2) is 12.1 Å². The van der Waals surface area contributed by atoms with Crippen molar-refractivity contribution in [2.24, 2.45) is 10.2 Å². The lowest BCUT2D eigenvalue weighted by atomic mass is 10.1. The first-order valence-corrected chi connectivity index (χ1v) is 3.80. The largest absolute Gasteiger partial charge is 0.364 e. The molecule has 0 aromatic rings. The van der Waals surface area contributed by atoms with Gasteiger partial charge in [-0.3, -0.25) is 0 Å². The van der Waals surface area contributed by atoms with Crippen LogP contribution in [0.5, 0.6) is 0 Å². The van der Waals surface area contributed by atoms with Gasteiger partial charge in [0.05, 0.1) is 6.54 Å². The average Bonchev–Trinajstić information content (AvgIpc) is 1.79. The van der Waals surface area contributed by atoms with Gasteiger partial charge in [-0.2, -0.15) is 5.11 Å². The lowest BCUT2D eigenvalue weighted by Gasteiger charge is -2.20. The van der Waals surface area contributed by atoms with Gasteiger partial charge in [0.2, 0.25) is 0 Å². The molecule has 0 amide bonds. The second kappa shape index (κ2) is 4.11. The van der Waals surface area contributed by atoms with Crippen molar-refractivity contribution in [1.82, 2.24) is 5.32 Å². The molecule has 0 atom stereocenters. The maximum Gasteiger partial charge on any atom is 0.141 e. The lowest BCUT2D eigenvalue weighted by Crippen LogP contribution is -2.33. The Kier molecular flexibility index (Phi) is 3.79. The minimum atomic E-state index is 0.0177. The Hall–Kier alpha value is -0.860. The van der Waals surface area contributed by atoms with E-state index < -0.39 is 0 Å². The van der Waals surface area contributed by atoms with Crippen molar-refractivity contribution in [3.8, 4) is 0 Å². The zero-order chi connectivity index (χ0) is 8.91. The third-order valence-electron chi connectivity index (χ3n) is 0.852. The smallest absolute Gasteiger partial charge is 0.141 e. The molecule has 0 rings (SSSR count). The zero-order valence-corrected chi connectivity index (χ0v) is 7.81. The van der Waals surface area contributed by atoms with E-state index in [1.807, 2.05) is 6.92 Å². The van der Waals surface area contributed by atoms with Crippen LogP contribution in [0.1, 0.15) is 27.7 Å². The maximum absolute atomic E-state index is 3.85. The first-order chi connectivity index (χ1) is 4.95. The fourth-order valence-electron chi connectivity index (χ4n) is 0.614. The topological polar surface area (TPSA) is 36.8 Å². The lowest BCUT2D eigenvalue weighted by molar-refractivity contribution is 0.468. The Balaban J connectivity index is 3.80. The molecule has 0 radical (unpaired) electrons. The Labute approximate surface area is 68.6 Å². The number of nitrogens with one attached hydrogen (secondary N) is 1. The molecule has 0 bridgehead atoms. The van der Waals surface area contributed by atoms with E-state index in [0.29, 0.717) is 12.4 Å². The van der Waals surface area contributed by atoms with Gasteiger partial charge in [-0.1, -0.05) is 6.58 Å². The van der Waals surface area contributed by atoms with Crippen LogP contribution in [-0.2, 0) is 0 Å². The molecule has 0 fully saturated rings. The van der Waals surface area contributed by atoms with Crippen molar-refractivity contribution in [2.75, 3.05) is 6.54 Å². The van der Waals surface area contributed by atoms with E-state index in [2.05, 4.69) is 42.9 Å². The molecule has 0 aromatic heterocycles. The third kappa shape index (κ3) is 7.03. The molecule has 3 nitrogen and oxygen atoms in total. The highest BCUT2D eigenvalue weighted by molar-refractivity contribution is 4.92. The van der Waals surface area contributed by atoms with Gasteiger partial charge < -0.3 is 5.32 Å². The van der Waals surface area contributed by atoms with Gasteiger partial charge in [0.1, 0.15) is 5.82 Å². The highest BCUT2D eigenvalue weighted by atomic mass is 15.2. The minimum Gasteiger partial charge on any atom is -0.364 e. The van der Waals surface area contributed by atoms with Gasteiger partial charge in [0.25, 0.3) is 0 Å². The number of rotatable bonds is 3. The van der Waals surface area contributed by atoms with E-state index in [1.165, 1.54) is 0 Å². The number of nitrogens with zero attached hydrogens (tertiary/aromatic N) is 2. The summed E-state index contributed by atoms with van der Waals surface area (Å²) in [5, 5.41) is 10.8. The van der Waals surface area contributed by atoms with Gasteiger partial charge in [0.15, 0.2) is 0 Å². The van der Waals surface area contributed by atoms with Crippen LogP contribution in [0.25, 0.3) is 0 Å². The van der Waals surface area contributed by atoms with Crippen LogP contribution >= 0.6 is 0 Å². The number of azo groups is 1. The Morgan fingerprint density at radius 1 is 1.45 bits per heavy atom. The van der Waals surface area contributed by atoms with Crippen molar-refractivity contribution in [2.45, 2.75) is 33.2 Å². The molecule has 0 saturated heterocycles. The second-order valence-corrected chi connectivity index (χ2v) is 3.38. The van der Waals surface area contributed by atoms with Crippen LogP contribution in [0.2, 0.25) is 0 Å². The Bertz CT molecular complexity index is 153. The molecule has 0 spiro atoms. The summed E-state index contributed by atoms with van der Waals surface area (Å²) in [4.78, 5) is 0. The van der Waals surface area contributed by atoms with Crippen molar-refractivity contribution >= 4 is 0 Å². The first-order valence-electron chi connectivity index (χ1n) is 3.80. The second-order valence-electron chi connectivity index (χ2n) is 3.38. The first kappa shape index (κ1) is 10.1. The molecule has 0 aliphatic rings. The average molecular weight is 155 g/mol. The molecule has 0 unspecified atom stereocenters. The highest BCUT2D eigenvalue weighted by Gasteiger charge is 2.08. The molecular weight excluding hydrogens is 138 g/mol. The van der Waals surface area contributed by atoms with E-state index >= 15 is 0 Å². The molecule has 0 heterocycles. The van der Waals surface area contributed by atoms with Gasteiger partial charge in [-0.25, -0.2) is 0 Å². The van der Waals surface area contributed by atoms with Crippen LogP contribution < -0.4 is 5.32 Å². The molecular formula is C8H17N3. The van der Waals surface area contributed by atoms with Crippen LogP contribution in [0, 0.1) is 0 Å². The fraction of sp³-hybridized carbons (Fsp3) is 0.750. The van der Waals surface area contributed by atoms with E-state index in [-0.39, 0.29) is 5.54 Å². The van der Waals surface area contributed by atoms with Crippen LogP contribution in [0.4, 0.5) is 0 Å². The SMILES string of the molecule is C=C(N=NCC)NC(C)(C)C. The summed E-state index contributed by atoms with van der Waals surface area (Å²) >= 11 is 0. The molecule has 0 saturated carbocycles. The molecule has 1 N–H and O–H groups in total. The third-order valence-corrected chi connectivity index (χ3v) is 0.852. The fourth-order valence-corrected chi connectivity index (χ4v) is 0.614. The van der Waals surface area contributed by atoms with Crippen LogP contribution in [0.15, 0.2) is 22.6 Å². The molecule has 3 heteroatoms. The molecule has 0 aliphatic heterocycles. The van der Waals surface area contributed by atoms with E-state index in [1.54, 1.807) is 0 Å². The van der Waals surface area contributed by atoms with Gasteiger partial charge in [0, 0.05) is 5.54 Å². The van der Waals surface area contributed by atoms with Gasteiger partial charge in [-0.05, 0) is 27.7 Å². The molecule has 0 aliphatic carbocycles. The van der Waals surface area contributed by atoms with Crippen molar-refractivity contribution in [3.05, 3.63) is 12.4 Å². The van der Waals surface area contributed by atoms with Gasteiger partial charge in [-0.15, -0.1) is 5.11 Å². The summed E-state index contributed by atoms with van der Waals surface area (Å²) < 4.78 is 0. The standard InChI is InChI=1S/C8H17N3/c1-6-9-11-7(2)10-8(3,4)5/h10H,2,6H2,1,3-5H3. The summed E-state index contributed by atoms with van der Waals surface area (Å²) in [5.41, 5.74) is 0.0177. The van der Waals surface area contributed by atoms with E-state index in [9.17, 15) is 0 Å². The Morgan fingerprint density at radius 3 is 2.36 bits per heavy atom. The van der Waals surface area contributed by atoms with Crippen molar-refractivity contribution in [3.63, 3.8) is 0 Å². The van der Waals surface area contributed by atoms with Crippen LogP contribution in [0.3, 0.4) is 0 Å². The summed E-state index contributed by atoms with van der Waals surface area (Å²) in [5.74, 6) is 0.624. The summed E-state index contributed by atoms with van der Waals surface area (Å²) in [6.45, 7) is 12.5. The summed E-state index contributed by atoms with van der Waals surface area (Å²) in [6, 6.07) is 0. The summed E-state index contributed by atoms with van der Waals surface area (Å²) in [6.07, 6.45) is 0. The predicted molar refractivity (Wildman–Crippen MR) is 47.4 cm³/mol. The molecule has 11 heavy (non-hydrogen) atoms. The van der Waals surface area contributed by atoms with E-state index in [0.717, 1.165) is 0 Å². The predicted octanol–water partition coefficient (Wildman–Crippen LogP) is 2.32. The maximum atomic E-state index is 3.85. The zero-order valence-electron chi connectivity index (χ0n) is 7.81. The molecule has 0 aromatic carbocycles. The van der Waals surface area contributed by atoms with E-state index in [4.69, 9.17) is 0 Å². The Morgan fingerprint density at radius 2 is 2.00 bits per heavy atom. The monoisotopic (exact) mass is 155 g/mol. The molecule has 64 valence electrons. The number of hydrogen-bond acceptors (Lipinski definition) is 3. The minimum absolute atomic E-state index is 0.0177. The summed E-state index contributed by atoms with van der Waals surface area (Å²) in [7, 11) is 0. The van der Waals surface area contributed by atoms with Crippen molar-refractivity contribution in [1.29, 1.82) is 0 Å². The highest BCUT2D eigenvalue weighted by Crippen LogP contribution is 2.02. The number of hydrogen-bond donors (Lipinski definition) is 1. The van der Waals surface area contributed by atoms with Gasteiger partial charge >= 0.3 is 0 Å². The van der Waals surface area contributed by atoms with Crippen molar-refractivity contribution < 1.29 is 0 Å².